The number of fused-ring (bicyclic) bond motifs is 1. The molecule has 0 amide bonds. The molecule has 0 saturated carbocycles. The predicted molar refractivity (Wildman–Crippen MR) is 128 cm³/mol. The van der Waals surface area contributed by atoms with E-state index in [-0.39, 0.29) is 17.7 Å². The Morgan fingerprint density at radius 3 is 2.26 bits per heavy atom. The number of carbonyl (C=O) groups excluding carboxylic acids is 1. The number of hydrogen-bond acceptors (Lipinski definition) is 3. The molecule has 156 valence electrons. The van der Waals surface area contributed by atoms with Gasteiger partial charge in [-0.3, -0.25) is 4.79 Å². The first-order chi connectivity index (χ1) is 15.1. The molecule has 2 atom stereocenters. The molecule has 0 aromatic heterocycles. The SMILES string of the molecule is CCc1ccc(C2Nc3ccccc3NC3=C2C(=O)CC(c2ccc(Cl)cc2)C3)cc1. The average molecular weight is 429 g/mol. The summed E-state index contributed by atoms with van der Waals surface area (Å²) in [4.78, 5) is 13.5. The van der Waals surface area contributed by atoms with Gasteiger partial charge in [-0.2, -0.15) is 0 Å². The lowest BCUT2D eigenvalue weighted by atomic mass is 9.78. The number of nitrogens with one attached hydrogen (secondary N) is 2. The number of ketones is 1. The molecule has 5 rings (SSSR count). The van der Waals surface area contributed by atoms with Crippen LogP contribution in [0.5, 0.6) is 0 Å². The fourth-order valence-corrected chi connectivity index (χ4v) is 4.78. The summed E-state index contributed by atoms with van der Waals surface area (Å²) >= 11 is 6.08. The van der Waals surface area contributed by atoms with Gasteiger partial charge in [-0.05, 0) is 59.7 Å². The third-order valence-electron chi connectivity index (χ3n) is 6.37. The minimum atomic E-state index is -0.171. The highest BCUT2D eigenvalue weighted by Crippen LogP contribution is 2.44. The van der Waals surface area contributed by atoms with Crippen LogP contribution in [0.4, 0.5) is 11.4 Å². The Morgan fingerprint density at radius 1 is 0.871 bits per heavy atom. The molecule has 0 radical (unpaired) electrons. The number of carbonyl (C=O) groups is 1. The summed E-state index contributed by atoms with van der Waals surface area (Å²) in [6, 6.07) is 24.5. The van der Waals surface area contributed by atoms with Gasteiger partial charge < -0.3 is 10.6 Å². The van der Waals surface area contributed by atoms with E-state index in [2.05, 4.69) is 54.0 Å². The molecule has 31 heavy (non-hydrogen) atoms. The van der Waals surface area contributed by atoms with Crippen LogP contribution >= 0.6 is 11.6 Å². The molecule has 2 N–H and O–H groups in total. The maximum absolute atomic E-state index is 13.5. The molecule has 3 aromatic carbocycles. The Morgan fingerprint density at radius 2 is 1.55 bits per heavy atom. The van der Waals surface area contributed by atoms with E-state index in [1.165, 1.54) is 5.56 Å². The quantitative estimate of drug-likeness (QED) is 0.477. The summed E-state index contributed by atoms with van der Waals surface area (Å²) < 4.78 is 0. The maximum atomic E-state index is 13.5. The molecule has 3 aromatic rings. The van der Waals surface area contributed by atoms with Crippen molar-refractivity contribution in [1.29, 1.82) is 0 Å². The van der Waals surface area contributed by atoms with Crippen molar-refractivity contribution in [2.45, 2.75) is 38.1 Å². The topological polar surface area (TPSA) is 41.1 Å². The van der Waals surface area contributed by atoms with Crippen molar-refractivity contribution >= 4 is 28.8 Å². The molecule has 0 spiro atoms. The number of halogens is 1. The maximum Gasteiger partial charge on any atom is 0.163 e. The minimum absolute atomic E-state index is 0.143. The van der Waals surface area contributed by atoms with Gasteiger partial charge in [0.05, 0.1) is 17.4 Å². The molecule has 4 heteroatoms. The van der Waals surface area contributed by atoms with Gasteiger partial charge in [-0.15, -0.1) is 0 Å². The van der Waals surface area contributed by atoms with Crippen molar-refractivity contribution < 1.29 is 4.79 Å². The van der Waals surface area contributed by atoms with E-state index < -0.39 is 0 Å². The number of para-hydroxylation sites is 2. The van der Waals surface area contributed by atoms with E-state index >= 15 is 0 Å². The number of rotatable bonds is 3. The number of benzene rings is 3. The van der Waals surface area contributed by atoms with Gasteiger partial charge >= 0.3 is 0 Å². The van der Waals surface area contributed by atoms with Gasteiger partial charge in [0.15, 0.2) is 5.78 Å². The number of aryl methyl sites for hydroxylation is 1. The normalized spacial score (nSPS) is 20.3. The lowest BCUT2D eigenvalue weighted by Gasteiger charge is -2.30. The van der Waals surface area contributed by atoms with Crippen molar-refractivity contribution in [1.82, 2.24) is 0 Å². The van der Waals surface area contributed by atoms with Crippen LogP contribution in [0, 0.1) is 0 Å². The number of Topliss-reactive ketones (excluding diaryl/α,β-unsaturated/α-hetero) is 1. The average Bonchev–Trinajstić information content (AvgIpc) is 2.96. The molecular weight excluding hydrogens is 404 g/mol. The summed E-state index contributed by atoms with van der Waals surface area (Å²) in [7, 11) is 0. The zero-order valence-corrected chi connectivity index (χ0v) is 18.2. The zero-order chi connectivity index (χ0) is 21.4. The lowest BCUT2D eigenvalue weighted by Crippen LogP contribution is -2.26. The van der Waals surface area contributed by atoms with Crippen LogP contribution in [0.25, 0.3) is 0 Å². The molecule has 1 heterocycles. The monoisotopic (exact) mass is 428 g/mol. The molecule has 2 unspecified atom stereocenters. The van der Waals surface area contributed by atoms with Crippen molar-refractivity contribution in [3.8, 4) is 0 Å². The summed E-state index contributed by atoms with van der Waals surface area (Å²) in [6.45, 7) is 2.15. The van der Waals surface area contributed by atoms with Gasteiger partial charge in [0.25, 0.3) is 0 Å². The summed E-state index contributed by atoms with van der Waals surface area (Å²) in [5.41, 5.74) is 7.44. The largest absolute Gasteiger partial charge is 0.372 e. The van der Waals surface area contributed by atoms with E-state index in [9.17, 15) is 4.79 Å². The third-order valence-corrected chi connectivity index (χ3v) is 6.62. The third kappa shape index (κ3) is 3.86. The Balaban J connectivity index is 1.58. The van der Waals surface area contributed by atoms with Crippen LogP contribution in [0.2, 0.25) is 5.02 Å². The summed E-state index contributed by atoms with van der Waals surface area (Å²) in [5, 5.41) is 7.96. The summed E-state index contributed by atoms with van der Waals surface area (Å²) in [6.07, 6.45) is 2.30. The van der Waals surface area contributed by atoms with Crippen molar-refractivity contribution in [2.24, 2.45) is 0 Å². The fourth-order valence-electron chi connectivity index (χ4n) is 4.66. The van der Waals surface area contributed by atoms with Gasteiger partial charge in [0, 0.05) is 22.7 Å². The van der Waals surface area contributed by atoms with Crippen LogP contribution in [0.1, 0.15) is 48.4 Å². The first kappa shape index (κ1) is 19.9. The number of hydrogen-bond donors (Lipinski definition) is 2. The van der Waals surface area contributed by atoms with Gasteiger partial charge in [-0.25, -0.2) is 0 Å². The zero-order valence-electron chi connectivity index (χ0n) is 17.5. The first-order valence-corrected chi connectivity index (χ1v) is 11.2. The number of anilines is 2. The van der Waals surface area contributed by atoms with E-state index in [1.54, 1.807) is 0 Å². The smallest absolute Gasteiger partial charge is 0.163 e. The minimum Gasteiger partial charge on any atom is -0.372 e. The lowest BCUT2D eigenvalue weighted by molar-refractivity contribution is -0.116. The molecule has 2 aliphatic rings. The standard InChI is InChI=1S/C27H25ClN2O/c1-2-17-7-9-19(10-8-17)27-26-24(29-22-5-3-4-6-23(22)30-27)15-20(16-25(26)31)18-11-13-21(28)14-12-18/h3-14,20,27,29-30H,2,15-16H2,1H3. The molecule has 1 aliphatic carbocycles. The van der Waals surface area contributed by atoms with E-state index in [4.69, 9.17) is 11.6 Å². The second-order valence-electron chi connectivity index (χ2n) is 8.32. The second-order valence-corrected chi connectivity index (χ2v) is 8.75. The highest BCUT2D eigenvalue weighted by molar-refractivity contribution is 6.30. The van der Waals surface area contributed by atoms with E-state index in [0.717, 1.165) is 46.6 Å². The van der Waals surface area contributed by atoms with Crippen molar-refractivity contribution in [3.63, 3.8) is 0 Å². The molecular formula is C27H25ClN2O. The van der Waals surface area contributed by atoms with Crippen molar-refractivity contribution in [2.75, 3.05) is 10.6 Å². The molecule has 3 nitrogen and oxygen atoms in total. The number of allylic oxidation sites excluding steroid dienone is 1. The Labute approximate surface area is 188 Å². The second kappa shape index (κ2) is 8.24. The summed E-state index contributed by atoms with van der Waals surface area (Å²) in [5.74, 6) is 0.336. The first-order valence-electron chi connectivity index (χ1n) is 10.9. The van der Waals surface area contributed by atoms with Crippen LogP contribution in [0.15, 0.2) is 84.1 Å². The highest BCUT2D eigenvalue weighted by atomic mass is 35.5. The van der Waals surface area contributed by atoms with Crippen LogP contribution in [-0.4, -0.2) is 5.78 Å². The highest BCUT2D eigenvalue weighted by Gasteiger charge is 2.35. The van der Waals surface area contributed by atoms with Crippen LogP contribution in [0.3, 0.4) is 0 Å². The van der Waals surface area contributed by atoms with Gasteiger partial charge in [0.1, 0.15) is 0 Å². The van der Waals surface area contributed by atoms with Gasteiger partial charge in [0.2, 0.25) is 0 Å². The molecule has 0 bridgehead atoms. The Hall–Kier alpha value is -3.04. The van der Waals surface area contributed by atoms with Crippen molar-refractivity contribution in [3.05, 3.63) is 106 Å². The van der Waals surface area contributed by atoms with E-state index in [1.807, 2.05) is 36.4 Å². The Kier molecular flexibility index (Phi) is 5.29. The predicted octanol–water partition coefficient (Wildman–Crippen LogP) is 6.88. The van der Waals surface area contributed by atoms with Crippen LogP contribution < -0.4 is 10.6 Å². The molecule has 1 aliphatic heterocycles. The molecule has 0 saturated heterocycles. The Bertz CT molecular complexity index is 1150. The fraction of sp³-hybridized carbons (Fsp3) is 0.222. The van der Waals surface area contributed by atoms with E-state index in [0.29, 0.717) is 11.4 Å². The molecule has 0 fully saturated rings. The van der Waals surface area contributed by atoms with Gasteiger partial charge in [-0.1, -0.05) is 67.1 Å². The van der Waals surface area contributed by atoms with Crippen LogP contribution in [-0.2, 0) is 11.2 Å².